The number of halogens is 1. The molecule has 0 unspecified atom stereocenters. The summed E-state index contributed by atoms with van der Waals surface area (Å²) < 4.78 is 1.23. The van der Waals surface area contributed by atoms with Crippen LogP contribution in [0.25, 0.3) is 0 Å². The highest BCUT2D eigenvalue weighted by molar-refractivity contribution is 9.10. The summed E-state index contributed by atoms with van der Waals surface area (Å²) in [5, 5.41) is 3.38. The fourth-order valence-corrected chi connectivity index (χ4v) is 3.85. The summed E-state index contributed by atoms with van der Waals surface area (Å²) in [6.45, 7) is 13.6. The Morgan fingerprint density at radius 1 is 1.24 bits per heavy atom. The number of hydrogen-bond donors (Lipinski definition) is 1. The zero-order valence-corrected chi connectivity index (χ0v) is 15.5. The van der Waals surface area contributed by atoms with Crippen LogP contribution in [-0.4, -0.2) is 19.6 Å². The van der Waals surface area contributed by atoms with E-state index >= 15 is 0 Å². The molecular weight excluding hydrogens is 324 g/mol. The van der Waals surface area contributed by atoms with E-state index in [4.69, 9.17) is 0 Å². The van der Waals surface area contributed by atoms with Crippen LogP contribution < -0.4 is 10.2 Å². The van der Waals surface area contributed by atoms with Crippen molar-refractivity contribution in [3.8, 4) is 0 Å². The van der Waals surface area contributed by atoms with Gasteiger partial charge in [-0.3, -0.25) is 0 Å². The van der Waals surface area contributed by atoms with E-state index < -0.39 is 0 Å². The van der Waals surface area contributed by atoms with E-state index in [1.165, 1.54) is 41.7 Å². The molecule has 1 aliphatic rings. The van der Waals surface area contributed by atoms with Crippen molar-refractivity contribution in [2.24, 2.45) is 11.3 Å². The van der Waals surface area contributed by atoms with Crippen molar-refractivity contribution in [3.63, 3.8) is 0 Å². The normalized spacial score (nSPS) is 17.3. The minimum atomic E-state index is 0.443. The van der Waals surface area contributed by atoms with Crippen LogP contribution in [0.3, 0.4) is 0 Å². The Morgan fingerprint density at radius 3 is 2.43 bits per heavy atom. The van der Waals surface area contributed by atoms with Crippen LogP contribution in [0.4, 0.5) is 5.69 Å². The van der Waals surface area contributed by atoms with E-state index in [-0.39, 0.29) is 0 Å². The lowest BCUT2D eigenvalue weighted by Gasteiger charge is -2.40. The molecule has 1 saturated heterocycles. The van der Waals surface area contributed by atoms with Crippen LogP contribution in [-0.2, 0) is 6.54 Å². The van der Waals surface area contributed by atoms with Gasteiger partial charge in [-0.25, -0.2) is 0 Å². The van der Waals surface area contributed by atoms with Crippen molar-refractivity contribution in [1.29, 1.82) is 0 Å². The van der Waals surface area contributed by atoms with E-state index in [0.29, 0.717) is 5.41 Å². The first-order valence-corrected chi connectivity index (χ1v) is 8.95. The molecule has 1 aliphatic heterocycles. The van der Waals surface area contributed by atoms with E-state index in [2.05, 4.69) is 72.0 Å². The van der Waals surface area contributed by atoms with Crippen LogP contribution in [0.2, 0.25) is 0 Å². The molecule has 0 radical (unpaired) electrons. The second kappa shape index (κ2) is 7.15. The first kappa shape index (κ1) is 16.8. The Kier molecular flexibility index (Phi) is 5.73. The largest absolute Gasteiger partial charge is 0.371 e. The monoisotopic (exact) mass is 352 g/mol. The molecule has 0 bridgehead atoms. The lowest BCUT2D eigenvalue weighted by atomic mass is 9.75. The number of nitrogens with one attached hydrogen (secondary N) is 1. The molecule has 0 aliphatic carbocycles. The van der Waals surface area contributed by atoms with Gasteiger partial charge in [0.15, 0.2) is 0 Å². The average Bonchev–Trinajstić information content (AvgIpc) is 2.44. The van der Waals surface area contributed by atoms with Crippen LogP contribution in [0, 0.1) is 11.3 Å². The molecule has 0 spiro atoms. The molecule has 118 valence electrons. The van der Waals surface area contributed by atoms with Gasteiger partial charge in [0.05, 0.1) is 5.69 Å². The van der Waals surface area contributed by atoms with Gasteiger partial charge >= 0.3 is 0 Å². The summed E-state index contributed by atoms with van der Waals surface area (Å²) in [6, 6.07) is 6.78. The summed E-state index contributed by atoms with van der Waals surface area (Å²) in [6.07, 6.45) is 2.60. The molecule has 1 aromatic carbocycles. The third kappa shape index (κ3) is 4.46. The number of nitrogens with zero attached hydrogens (tertiary/aromatic N) is 1. The predicted octanol–water partition coefficient (Wildman–Crippen LogP) is 4.82. The highest BCUT2D eigenvalue weighted by atomic mass is 79.9. The topological polar surface area (TPSA) is 15.3 Å². The summed E-state index contributed by atoms with van der Waals surface area (Å²) in [5.41, 5.74) is 3.14. The van der Waals surface area contributed by atoms with Crippen molar-refractivity contribution < 1.29 is 0 Å². The fraction of sp³-hybridized carbons (Fsp3) is 0.667. The third-order valence-corrected chi connectivity index (χ3v) is 5.29. The minimum Gasteiger partial charge on any atom is -0.371 e. The molecule has 0 saturated carbocycles. The highest BCUT2D eigenvalue weighted by Crippen LogP contribution is 2.37. The van der Waals surface area contributed by atoms with E-state index in [0.717, 1.165) is 19.0 Å². The van der Waals surface area contributed by atoms with Gasteiger partial charge in [-0.05, 0) is 64.3 Å². The number of benzene rings is 1. The summed E-state index contributed by atoms with van der Waals surface area (Å²) in [7, 11) is 0. The van der Waals surface area contributed by atoms with Crippen molar-refractivity contribution >= 4 is 21.6 Å². The molecule has 0 amide bonds. The highest BCUT2D eigenvalue weighted by Gasteiger charge is 2.29. The van der Waals surface area contributed by atoms with Crippen LogP contribution in [0.1, 0.15) is 46.1 Å². The summed E-state index contributed by atoms with van der Waals surface area (Å²) in [4.78, 5) is 2.53. The van der Waals surface area contributed by atoms with E-state index in [9.17, 15) is 0 Å². The van der Waals surface area contributed by atoms with Gasteiger partial charge in [0.25, 0.3) is 0 Å². The Morgan fingerprint density at radius 2 is 1.90 bits per heavy atom. The molecule has 1 heterocycles. The first-order chi connectivity index (χ1) is 9.91. The minimum absolute atomic E-state index is 0.443. The molecule has 3 heteroatoms. The van der Waals surface area contributed by atoms with Crippen LogP contribution in [0.15, 0.2) is 22.7 Å². The van der Waals surface area contributed by atoms with Crippen molar-refractivity contribution in [2.75, 3.05) is 24.5 Å². The molecule has 1 aromatic rings. The standard InChI is InChI=1S/C18H29BrN2/c1-5-20-13-14-6-7-17(16(19)12-14)21-10-8-15(9-11-21)18(2,3)4/h6-7,12,15,20H,5,8-11,13H2,1-4H3. The summed E-state index contributed by atoms with van der Waals surface area (Å²) in [5.74, 6) is 0.848. The van der Waals surface area contributed by atoms with Crippen molar-refractivity contribution in [1.82, 2.24) is 5.32 Å². The molecule has 0 aromatic heterocycles. The molecule has 1 fully saturated rings. The summed E-state index contributed by atoms with van der Waals surface area (Å²) >= 11 is 3.76. The zero-order valence-electron chi connectivity index (χ0n) is 13.9. The SMILES string of the molecule is CCNCc1ccc(N2CCC(C(C)(C)C)CC2)c(Br)c1. The van der Waals surface area contributed by atoms with Crippen LogP contribution in [0.5, 0.6) is 0 Å². The lowest BCUT2D eigenvalue weighted by Crippen LogP contribution is -2.38. The Hall–Kier alpha value is -0.540. The quantitative estimate of drug-likeness (QED) is 0.835. The smallest absolute Gasteiger partial charge is 0.0510 e. The number of piperidine rings is 1. The van der Waals surface area contributed by atoms with Crippen molar-refractivity contribution in [3.05, 3.63) is 28.2 Å². The number of hydrogen-bond acceptors (Lipinski definition) is 2. The average molecular weight is 353 g/mol. The Labute approximate surface area is 138 Å². The maximum Gasteiger partial charge on any atom is 0.0510 e. The van der Waals surface area contributed by atoms with E-state index in [1.54, 1.807) is 0 Å². The molecule has 2 nitrogen and oxygen atoms in total. The first-order valence-electron chi connectivity index (χ1n) is 8.16. The zero-order chi connectivity index (χ0) is 15.5. The molecule has 0 atom stereocenters. The maximum atomic E-state index is 3.76. The Bertz CT molecular complexity index is 457. The predicted molar refractivity (Wildman–Crippen MR) is 95.9 cm³/mol. The lowest BCUT2D eigenvalue weighted by molar-refractivity contribution is 0.199. The van der Waals surface area contributed by atoms with Gasteiger partial charge in [-0.2, -0.15) is 0 Å². The van der Waals surface area contributed by atoms with Gasteiger partial charge in [0.2, 0.25) is 0 Å². The second-order valence-electron chi connectivity index (χ2n) is 7.19. The molecular formula is C18H29BrN2. The Balaban J connectivity index is 2.00. The maximum absolute atomic E-state index is 3.76. The van der Waals surface area contributed by atoms with Crippen molar-refractivity contribution in [2.45, 2.75) is 47.1 Å². The number of anilines is 1. The second-order valence-corrected chi connectivity index (χ2v) is 8.05. The van der Waals surface area contributed by atoms with Gasteiger partial charge in [0, 0.05) is 24.1 Å². The fourth-order valence-electron chi connectivity index (χ4n) is 3.17. The molecule has 21 heavy (non-hydrogen) atoms. The van der Waals surface area contributed by atoms with Crippen LogP contribution >= 0.6 is 15.9 Å². The van der Waals surface area contributed by atoms with Gasteiger partial charge in [0.1, 0.15) is 0 Å². The van der Waals surface area contributed by atoms with Gasteiger partial charge in [-0.1, -0.05) is 33.8 Å². The van der Waals surface area contributed by atoms with Gasteiger partial charge < -0.3 is 10.2 Å². The number of rotatable bonds is 4. The van der Waals surface area contributed by atoms with E-state index in [1.807, 2.05) is 0 Å². The molecule has 2 rings (SSSR count). The molecule has 1 N–H and O–H groups in total. The van der Waals surface area contributed by atoms with Gasteiger partial charge in [-0.15, -0.1) is 0 Å². The third-order valence-electron chi connectivity index (χ3n) is 4.65.